The van der Waals surface area contributed by atoms with Crippen molar-refractivity contribution in [3.05, 3.63) is 70.9 Å². The molecule has 10 heteroatoms. The fourth-order valence-electron chi connectivity index (χ4n) is 5.81. The molecule has 4 N–H and O–H groups in total. The van der Waals surface area contributed by atoms with Crippen LogP contribution in [0.4, 0.5) is 0 Å². The van der Waals surface area contributed by atoms with E-state index in [2.05, 4.69) is 10.3 Å². The number of aldehydes is 1. The van der Waals surface area contributed by atoms with Crippen LogP contribution in [0.1, 0.15) is 41.4 Å². The molecule has 1 aliphatic carbocycles. The maximum Gasteiger partial charge on any atom is 0.247 e. The number of fused-ring (bicyclic) bond motifs is 4. The van der Waals surface area contributed by atoms with Gasteiger partial charge >= 0.3 is 0 Å². The predicted molar refractivity (Wildman–Crippen MR) is 152 cm³/mol. The zero-order valence-electron chi connectivity index (χ0n) is 23.3. The molecule has 0 radical (unpaired) electrons. The molecule has 0 bridgehead atoms. The van der Waals surface area contributed by atoms with Crippen molar-refractivity contribution in [2.75, 3.05) is 26.8 Å². The Bertz CT molecular complexity index is 1460. The van der Waals surface area contributed by atoms with Gasteiger partial charge in [0, 0.05) is 53.3 Å². The minimum Gasteiger partial charge on any atom is -0.493 e. The Labute approximate surface area is 237 Å². The van der Waals surface area contributed by atoms with Crippen molar-refractivity contribution in [2.45, 2.75) is 44.4 Å². The second-order valence-corrected chi connectivity index (χ2v) is 10.7. The molecule has 3 aromatic rings. The largest absolute Gasteiger partial charge is 0.493 e. The molecule has 2 amide bonds. The second-order valence-electron chi connectivity index (χ2n) is 10.7. The molecule has 4 unspecified atom stereocenters. The summed E-state index contributed by atoms with van der Waals surface area (Å²) in [6.45, 7) is 3.65. The summed E-state index contributed by atoms with van der Waals surface area (Å²) >= 11 is 0. The molecular weight excluding hydrogens is 526 g/mol. The van der Waals surface area contributed by atoms with E-state index in [1.807, 2.05) is 30.3 Å². The number of nitrogens with zero attached hydrogens (tertiary/aromatic N) is 1. The first-order valence-electron chi connectivity index (χ1n) is 13.8. The molecule has 0 fully saturated rings. The maximum atomic E-state index is 13.6. The number of amides is 2. The zero-order valence-corrected chi connectivity index (χ0v) is 23.3. The quantitative estimate of drug-likeness (QED) is 0.279. The summed E-state index contributed by atoms with van der Waals surface area (Å²) in [4.78, 5) is 43.7. The van der Waals surface area contributed by atoms with E-state index in [0.29, 0.717) is 35.3 Å². The summed E-state index contributed by atoms with van der Waals surface area (Å²) < 4.78 is 11.7. The molecule has 216 valence electrons. The van der Waals surface area contributed by atoms with Gasteiger partial charge in [0.2, 0.25) is 11.8 Å². The Kier molecular flexibility index (Phi) is 8.14. The summed E-state index contributed by atoms with van der Waals surface area (Å²) in [6.07, 6.45) is 0.711. The van der Waals surface area contributed by atoms with Crippen LogP contribution in [0, 0.1) is 5.92 Å². The third-order valence-corrected chi connectivity index (χ3v) is 7.76. The highest BCUT2D eigenvalue weighted by Crippen LogP contribution is 2.51. The van der Waals surface area contributed by atoms with E-state index in [9.17, 15) is 24.6 Å². The van der Waals surface area contributed by atoms with Gasteiger partial charge in [-0.05, 0) is 35.7 Å². The van der Waals surface area contributed by atoms with Gasteiger partial charge in [-0.25, -0.2) is 0 Å². The summed E-state index contributed by atoms with van der Waals surface area (Å²) in [5.41, 5.74) is 3.10. The van der Waals surface area contributed by atoms with Gasteiger partial charge in [0.1, 0.15) is 18.5 Å². The van der Waals surface area contributed by atoms with E-state index in [1.54, 1.807) is 30.9 Å². The number of aromatic amines is 1. The Hall–Kier alpha value is -4.15. The molecule has 10 nitrogen and oxygen atoms in total. The summed E-state index contributed by atoms with van der Waals surface area (Å²) in [5, 5.41) is 24.8. The molecule has 1 aliphatic heterocycles. The third-order valence-electron chi connectivity index (χ3n) is 7.76. The molecule has 2 aliphatic rings. The summed E-state index contributed by atoms with van der Waals surface area (Å²) in [6, 6.07) is 12.3. The van der Waals surface area contributed by atoms with Crippen LogP contribution < -0.4 is 14.8 Å². The number of ether oxygens (including phenoxy) is 2. The first-order chi connectivity index (χ1) is 19.8. The Morgan fingerprint density at radius 2 is 2.00 bits per heavy atom. The highest BCUT2D eigenvalue weighted by molar-refractivity contribution is 5.96. The molecule has 0 saturated carbocycles. The van der Waals surface area contributed by atoms with Crippen LogP contribution in [0.15, 0.2) is 54.1 Å². The van der Waals surface area contributed by atoms with Crippen LogP contribution in [0.25, 0.3) is 10.9 Å². The van der Waals surface area contributed by atoms with Gasteiger partial charge in [-0.3, -0.25) is 14.4 Å². The molecule has 5 rings (SSSR count). The van der Waals surface area contributed by atoms with Crippen molar-refractivity contribution < 1.29 is 34.1 Å². The number of aliphatic hydroxyl groups is 2. The van der Waals surface area contributed by atoms with Crippen LogP contribution in [-0.4, -0.2) is 83.3 Å². The van der Waals surface area contributed by atoms with Crippen LogP contribution in [0.5, 0.6) is 11.5 Å². The molecule has 1 aromatic heterocycles. The van der Waals surface area contributed by atoms with Crippen molar-refractivity contribution in [2.24, 2.45) is 5.92 Å². The van der Waals surface area contributed by atoms with Gasteiger partial charge in [0.15, 0.2) is 11.5 Å². The lowest BCUT2D eigenvalue weighted by molar-refractivity contribution is -0.140. The Morgan fingerprint density at radius 3 is 2.68 bits per heavy atom. The van der Waals surface area contributed by atoms with E-state index >= 15 is 0 Å². The lowest BCUT2D eigenvalue weighted by atomic mass is 9.77. The van der Waals surface area contributed by atoms with Crippen LogP contribution in [0.3, 0.4) is 0 Å². The van der Waals surface area contributed by atoms with Gasteiger partial charge in [0.05, 0.1) is 25.7 Å². The van der Waals surface area contributed by atoms with Gasteiger partial charge in [-0.1, -0.05) is 32.0 Å². The van der Waals surface area contributed by atoms with Crippen molar-refractivity contribution in [1.82, 2.24) is 15.2 Å². The van der Waals surface area contributed by atoms with E-state index in [0.717, 1.165) is 16.6 Å². The number of hydrogen-bond donors (Lipinski definition) is 4. The van der Waals surface area contributed by atoms with Gasteiger partial charge in [-0.15, -0.1) is 0 Å². The fraction of sp³-hybridized carbons (Fsp3) is 0.387. The standard InChI is InChI=1S/C31H35N3O7/c1-17(2)31(39)34(10-8-20-14-19-6-4-5-7-23(19)33-20)24-15-22(30(38)32-9-11-35)26-21-12-18(16-36)13-25(40-3)28(21)41-29(26)27(24)37/h4-7,12-17,24,26-27,29,33,35,37H,8-11H2,1-3H3,(H,32,38). The van der Waals surface area contributed by atoms with Crippen LogP contribution >= 0.6 is 0 Å². The lowest BCUT2D eigenvalue weighted by Crippen LogP contribution is -2.56. The average molecular weight is 562 g/mol. The molecular formula is C31H35N3O7. The number of methoxy groups -OCH3 is 1. The third kappa shape index (κ3) is 5.32. The number of aromatic nitrogens is 1. The number of benzene rings is 2. The minimum absolute atomic E-state index is 0.0290. The maximum absolute atomic E-state index is 13.6. The van der Waals surface area contributed by atoms with E-state index in [-0.39, 0.29) is 37.1 Å². The molecule has 4 atom stereocenters. The summed E-state index contributed by atoms with van der Waals surface area (Å²) in [5.74, 6) is -1.05. The van der Waals surface area contributed by atoms with Crippen LogP contribution in [0.2, 0.25) is 0 Å². The fourth-order valence-corrected chi connectivity index (χ4v) is 5.81. The lowest BCUT2D eigenvalue weighted by Gasteiger charge is -2.41. The van der Waals surface area contributed by atoms with Crippen LogP contribution in [-0.2, 0) is 16.0 Å². The number of hydrogen-bond acceptors (Lipinski definition) is 7. The Morgan fingerprint density at radius 1 is 1.22 bits per heavy atom. The smallest absolute Gasteiger partial charge is 0.247 e. The average Bonchev–Trinajstić information content (AvgIpc) is 3.58. The molecule has 41 heavy (non-hydrogen) atoms. The number of carbonyl (C=O) groups is 3. The monoisotopic (exact) mass is 561 g/mol. The van der Waals surface area contributed by atoms with E-state index in [4.69, 9.17) is 9.47 Å². The topological polar surface area (TPSA) is 141 Å². The van der Waals surface area contributed by atoms with Crippen molar-refractivity contribution in [3.63, 3.8) is 0 Å². The molecule has 2 heterocycles. The molecule has 2 aromatic carbocycles. The number of rotatable bonds is 10. The van der Waals surface area contributed by atoms with Crippen molar-refractivity contribution in [1.29, 1.82) is 0 Å². The normalized spacial score (nSPS) is 21.1. The molecule has 0 spiro atoms. The highest BCUT2D eigenvalue weighted by Gasteiger charge is 2.51. The van der Waals surface area contributed by atoms with E-state index in [1.165, 1.54) is 13.2 Å². The first kappa shape index (κ1) is 28.4. The van der Waals surface area contributed by atoms with Crippen molar-refractivity contribution in [3.8, 4) is 11.5 Å². The SMILES string of the molecule is COc1cc(C=O)cc2c1OC1C2C(C(=O)NCCO)=CC(N(CCc2cc3ccccc3[nH]2)C(=O)C(C)C)C1O. The molecule has 0 saturated heterocycles. The number of H-pyrrole nitrogens is 1. The first-order valence-corrected chi connectivity index (χ1v) is 13.8. The van der Waals surface area contributed by atoms with Crippen molar-refractivity contribution >= 4 is 29.0 Å². The number of nitrogens with one attached hydrogen (secondary N) is 2. The minimum atomic E-state index is -1.18. The number of para-hydroxylation sites is 1. The Balaban J connectivity index is 1.54. The number of aliphatic hydroxyl groups excluding tert-OH is 2. The van der Waals surface area contributed by atoms with Gasteiger partial charge in [0.25, 0.3) is 0 Å². The summed E-state index contributed by atoms with van der Waals surface area (Å²) in [7, 11) is 1.45. The second kappa shape index (κ2) is 11.8. The van der Waals surface area contributed by atoms with Gasteiger partial charge < -0.3 is 34.9 Å². The number of carbonyl (C=O) groups excluding carboxylic acids is 3. The van der Waals surface area contributed by atoms with E-state index < -0.39 is 30.1 Å². The van der Waals surface area contributed by atoms with Gasteiger partial charge in [-0.2, -0.15) is 0 Å². The highest BCUT2D eigenvalue weighted by atomic mass is 16.5. The zero-order chi connectivity index (χ0) is 29.3. The predicted octanol–water partition coefficient (Wildman–Crippen LogP) is 2.34.